The Morgan fingerprint density at radius 3 is 2.86 bits per heavy atom. The van der Waals surface area contributed by atoms with Gasteiger partial charge < -0.3 is 15.0 Å². The van der Waals surface area contributed by atoms with Crippen LogP contribution in [0.1, 0.15) is 12.0 Å². The molecule has 1 aliphatic heterocycles. The van der Waals surface area contributed by atoms with Crippen LogP contribution < -0.4 is 10.1 Å². The van der Waals surface area contributed by atoms with Crippen LogP contribution in [0.2, 0.25) is 0 Å². The lowest BCUT2D eigenvalue weighted by molar-refractivity contribution is -0.126. The highest BCUT2D eigenvalue weighted by Gasteiger charge is 2.21. The van der Waals surface area contributed by atoms with E-state index >= 15 is 0 Å². The Balaban J connectivity index is 0.00000220. The van der Waals surface area contributed by atoms with E-state index in [9.17, 15) is 9.18 Å². The van der Waals surface area contributed by atoms with Crippen LogP contribution in [0.15, 0.2) is 24.3 Å². The van der Waals surface area contributed by atoms with Crippen molar-refractivity contribution in [3.05, 3.63) is 35.7 Å². The summed E-state index contributed by atoms with van der Waals surface area (Å²) in [6, 6.07) is 4.84. The van der Waals surface area contributed by atoms with Crippen molar-refractivity contribution in [2.45, 2.75) is 12.5 Å². The lowest BCUT2D eigenvalue weighted by Crippen LogP contribution is -2.37. The number of halogens is 2. The molecule has 1 fully saturated rings. The number of ether oxygens (including phenoxy) is 1. The van der Waals surface area contributed by atoms with Crippen LogP contribution in [-0.4, -0.2) is 44.1 Å². The molecule has 0 radical (unpaired) electrons. The van der Waals surface area contributed by atoms with Gasteiger partial charge in [0.1, 0.15) is 0 Å². The van der Waals surface area contributed by atoms with E-state index in [4.69, 9.17) is 4.74 Å². The van der Waals surface area contributed by atoms with Crippen molar-refractivity contribution in [1.29, 1.82) is 0 Å². The van der Waals surface area contributed by atoms with Gasteiger partial charge in [0.25, 0.3) is 0 Å². The van der Waals surface area contributed by atoms with E-state index in [0.717, 1.165) is 19.5 Å². The number of likely N-dealkylation sites (N-methyl/N-ethyl adjacent to an activating group) is 1. The van der Waals surface area contributed by atoms with Gasteiger partial charge in [-0.15, -0.1) is 12.4 Å². The molecule has 1 atom stereocenters. The van der Waals surface area contributed by atoms with Crippen molar-refractivity contribution in [3.8, 4) is 5.75 Å². The summed E-state index contributed by atoms with van der Waals surface area (Å²) < 4.78 is 18.4. The average Bonchev–Trinajstić information content (AvgIpc) is 2.98. The Morgan fingerprint density at radius 2 is 2.29 bits per heavy atom. The molecule has 4 nitrogen and oxygen atoms in total. The molecule has 1 heterocycles. The standard InChI is InChI=1S/C15H19FN2O2.ClH/c1-18(12-7-8-17-10-12)15(19)6-4-11-3-5-14(20-2)13(16)9-11;/h3-6,9,12,17H,7-8,10H2,1-2H3;1H/b6-4+;. The molecular weight excluding hydrogens is 295 g/mol. The van der Waals surface area contributed by atoms with Crippen molar-refractivity contribution in [1.82, 2.24) is 10.2 Å². The third-order valence-corrected chi connectivity index (χ3v) is 3.52. The van der Waals surface area contributed by atoms with Crippen molar-refractivity contribution in [2.75, 3.05) is 27.2 Å². The van der Waals surface area contributed by atoms with Crippen molar-refractivity contribution >= 4 is 24.4 Å². The van der Waals surface area contributed by atoms with Gasteiger partial charge >= 0.3 is 0 Å². The number of carbonyl (C=O) groups excluding carboxylic acids is 1. The minimum Gasteiger partial charge on any atom is -0.494 e. The zero-order valence-electron chi connectivity index (χ0n) is 12.1. The second-order valence-electron chi connectivity index (χ2n) is 4.82. The summed E-state index contributed by atoms with van der Waals surface area (Å²) in [5.41, 5.74) is 0.634. The second-order valence-corrected chi connectivity index (χ2v) is 4.82. The Hall–Kier alpha value is -1.59. The average molecular weight is 315 g/mol. The molecule has 1 aromatic rings. The number of amides is 1. The smallest absolute Gasteiger partial charge is 0.246 e. The Labute approximate surface area is 130 Å². The van der Waals surface area contributed by atoms with Crippen LogP contribution in [-0.2, 0) is 4.79 Å². The summed E-state index contributed by atoms with van der Waals surface area (Å²) in [7, 11) is 3.21. The number of hydrogen-bond donors (Lipinski definition) is 1. The van der Waals surface area contributed by atoms with Crippen LogP contribution in [0.4, 0.5) is 4.39 Å². The van der Waals surface area contributed by atoms with E-state index in [-0.39, 0.29) is 30.1 Å². The van der Waals surface area contributed by atoms with E-state index in [0.29, 0.717) is 5.56 Å². The first-order valence-corrected chi connectivity index (χ1v) is 6.61. The quantitative estimate of drug-likeness (QED) is 0.865. The second kappa shape index (κ2) is 8.00. The maximum Gasteiger partial charge on any atom is 0.246 e. The molecule has 0 bridgehead atoms. The summed E-state index contributed by atoms with van der Waals surface area (Å²) in [6.45, 7) is 1.77. The first-order valence-electron chi connectivity index (χ1n) is 6.61. The molecule has 6 heteroatoms. The number of nitrogens with zero attached hydrogens (tertiary/aromatic N) is 1. The van der Waals surface area contributed by atoms with Gasteiger partial charge in [-0.05, 0) is 36.7 Å². The Bertz CT molecular complexity index is 516. The fraction of sp³-hybridized carbons (Fsp3) is 0.400. The van der Waals surface area contributed by atoms with Crippen LogP contribution in [0, 0.1) is 5.82 Å². The van der Waals surface area contributed by atoms with Crippen LogP contribution in [0.25, 0.3) is 6.08 Å². The number of rotatable bonds is 4. The minimum atomic E-state index is -0.435. The lowest BCUT2D eigenvalue weighted by atomic mass is 10.2. The highest BCUT2D eigenvalue weighted by atomic mass is 35.5. The summed E-state index contributed by atoms with van der Waals surface area (Å²) in [5, 5.41) is 3.22. The third-order valence-electron chi connectivity index (χ3n) is 3.52. The van der Waals surface area contributed by atoms with Crippen LogP contribution in [0.3, 0.4) is 0 Å². The molecule has 0 aromatic heterocycles. The highest BCUT2D eigenvalue weighted by Crippen LogP contribution is 2.18. The lowest BCUT2D eigenvalue weighted by Gasteiger charge is -2.22. The molecule has 0 aliphatic carbocycles. The van der Waals surface area contributed by atoms with Gasteiger partial charge in [0.15, 0.2) is 11.6 Å². The number of carbonyl (C=O) groups is 1. The van der Waals surface area contributed by atoms with Gasteiger partial charge in [0.2, 0.25) is 5.91 Å². The molecule has 1 aliphatic rings. The number of hydrogen-bond acceptors (Lipinski definition) is 3. The van der Waals surface area contributed by atoms with Gasteiger partial charge in [0, 0.05) is 25.7 Å². The van der Waals surface area contributed by atoms with E-state index in [1.165, 1.54) is 19.3 Å². The zero-order chi connectivity index (χ0) is 14.5. The molecular formula is C15H20ClFN2O2. The fourth-order valence-corrected chi connectivity index (χ4v) is 2.22. The van der Waals surface area contributed by atoms with E-state index in [1.807, 2.05) is 0 Å². The highest BCUT2D eigenvalue weighted by molar-refractivity contribution is 5.91. The molecule has 1 N–H and O–H groups in total. The predicted octanol–water partition coefficient (Wildman–Crippen LogP) is 2.09. The van der Waals surface area contributed by atoms with Gasteiger partial charge in [-0.3, -0.25) is 4.79 Å². The molecule has 116 valence electrons. The normalized spacial score (nSPS) is 17.6. The number of methoxy groups -OCH3 is 1. The van der Waals surface area contributed by atoms with Gasteiger partial charge in [-0.25, -0.2) is 4.39 Å². The number of nitrogens with one attached hydrogen (secondary N) is 1. The fourth-order valence-electron chi connectivity index (χ4n) is 2.22. The molecule has 1 amide bonds. The topological polar surface area (TPSA) is 41.6 Å². The van der Waals surface area contributed by atoms with Gasteiger partial charge in [-0.2, -0.15) is 0 Å². The van der Waals surface area contributed by atoms with Crippen LogP contribution in [0.5, 0.6) is 5.75 Å². The summed E-state index contributed by atoms with van der Waals surface area (Å²) >= 11 is 0. The SMILES string of the molecule is COc1ccc(/C=C/C(=O)N(C)C2CCNC2)cc1F.Cl. The maximum absolute atomic E-state index is 13.5. The molecule has 0 saturated carbocycles. The predicted molar refractivity (Wildman–Crippen MR) is 83.3 cm³/mol. The Morgan fingerprint density at radius 1 is 1.52 bits per heavy atom. The first-order chi connectivity index (χ1) is 9.61. The third kappa shape index (κ3) is 4.44. The first kappa shape index (κ1) is 17.5. The maximum atomic E-state index is 13.5. The molecule has 2 rings (SSSR count). The van der Waals surface area contributed by atoms with Crippen molar-refractivity contribution in [2.24, 2.45) is 0 Å². The zero-order valence-corrected chi connectivity index (χ0v) is 13.0. The van der Waals surface area contributed by atoms with Crippen molar-refractivity contribution in [3.63, 3.8) is 0 Å². The van der Waals surface area contributed by atoms with Gasteiger partial charge in [0.05, 0.1) is 7.11 Å². The van der Waals surface area contributed by atoms with Crippen LogP contribution >= 0.6 is 12.4 Å². The minimum absolute atomic E-state index is 0. The molecule has 0 spiro atoms. The summed E-state index contributed by atoms with van der Waals surface area (Å²) in [6.07, 6.45) is 4.05. The monoisotopic (exact) mass is 314 g/mol. The van der Waals surface area contributed by atoms with Gasteiger partial charge in [-0.1, -0.05) is 6.07 Å². The van der Waals surface area contributed by atoms with Crippen molar-refractivity contribution < 1.29 is 13.9 Å². The molecule has 1 unspecified atom stereocenters. The molecule has 1 saturated heterocycles. The summed E-state index contributed by atoms with van der Waals surface area (Å²) in [5.74, 6) is -0.312. The molecule has 1 aromatic carbocycles. The number of benzene rings is 1. The Kier molecular flexibility index (Phi) is 6.65. The van der Waals surface area contributed by atoms with E-state index in [2.05, 4.69) is 5.32 Å². The van der Waals surface area contributed by atoms with E-state index in [1.54, 1.807) is 30.2 Å². The van der Waals surface area contributed by atoms with E-state index < -0.39 is 5.82 Å². The largest absolute Gasteiger partial charge is 0.494 e. The molecule has 21 heavy (non-hydrogen) atoms. The summed E-state index contributed by atoms with van der Waals surface area (Å²) in [4.78, 5) is 13.7.